The molecule has 0 saturated carbocycles. The molecule has 2 nitrogen and oxygen atoms in total. The fourth-order valence-corrected chi connectivity index (χ4v) is 0.843. The summed E-state index contributed by atoms with van der Waals surface area (Å²) in [6, 6.07) is 3.84. The second kappa shape index (κ2) is 2.77. The number of nitrogen functional groups attached to an aromatic ring is 1. The van der Waals surface area contributed by atoms with Gasteiger partial charge in [-0.25, -0.2) is 4.39 Å². The Morgan fingerprint density at radius 3 is 2.73 bits per heavy atom. The molecular weight excluding hydrogens is 167 g/mol. The van der Waals surface area contributed by atoms with Gasteiger partial charge in [-0.15, -0.1) is 0 Å². The van der Waals surface area contributed by atoms with Crippen LogP contribution in [-0.2, 0) is 0 Å². The van der Waals surface area contributed by atoms with Gasteiger partial charge in [-0.05, 0) is 12.1 Å². The first-order valence-electron chi connectivity index (χ1n) is 2.79. The molecular formula is C7H4ClFN2. The van der Waals surface area contributed by atoms with E-state index < -0.39 is 5.82 Å². The normalized spacial score (nSPS) is 9.18. The Balaban J connectivity index is 3.39. The number of anilines is 1. The molecule has 2 N–H and O–H groups in total. The van der Waals surface area contributed by atoms with Gasteiger partial charge in [0.15, 0.2) is 0 Å². The summed E-state index contributed by atoms with van der Waals surface area (Å²) in [7, 11) is 0. The van der Waals surface area contributed by atoms with E-state index >= 15 is 0 Å². The molecule has 0 aromatic heterocycles. The lowest BCUT2D eigenvalue weighted by Crippen LogP contribution is -1.90. The number of benzene rings is 1. The molecule has 1 rings (SSSR count). The predicted octanol–water partition coefficient (Wildman–Crippen LogP) is 1.93. The fraction of sp³-hybridized carbons (Fsp3) is 0. The average Bonchev–Trinajstić information content (AvgIpc) is 1.96. The maximum Gasteiger partial charge on any atom is 0.126 e. The molecule has 0 saturated heterocycles. The van der Waals surface area contributed by atoms with Crippen molar-refractivity contribution in [3.63, 3.8) is 0 Å². The first-order valence-corrected chi connectivity index (χ1v) is 3.17. The molecule has 0 heterocycles. The van der Waals surface area contributed by atoms with Gasteiger partial charge >= 0.3 is 0 Å². The van der Waals surface area contributed by atoms with Crippen molar-refractivity contribution in [2.24, 2.45) is 0 Å². The van der Waals surface area contributed by atoms with E-state index in [0.29, 0.717) is 0 Å². The Kier molecular flexibility index (Phi) is 1.97. The van der Waals surface area contributed by atoms with Crippen molar-refractivity contribution >= 4 is 17.3 Å². The van der Waals surface area contributed by atoms with Gasteiger partial charge in [-0.3, -0.25) is 0 Å². The first kappa shape index (κ1) is 7.83. The minimum absolute atomic E-state index is 0.0594. The summed E-state index contributed by atoms with van der Waals surface area (Å²) in [5, 5.41) is 8.52. The number of nitrogens with zero attached hydrogens (tertiary/aromatic N) is 1. The van der Waals surface area contributed by atoms with Crippen molar-refractivity contribution in [1.82, 2.24) is 0 Å². The van der Waals surface area contributed by atoms with Gasteiger partial charge in [0.25, 0.3) is 0 Å². The van der Waals surface area contributed by atoms with Gasteiger partial charge in [0.05, 0.1) is 16.3 Å². The van der Waals surface area contributed by atoms with E-state index in [1.165, 1.54) is 0 Å². The first-order chi connectivity index (χ1) is 5.15. The monoisotopic (exact) mass is 170 g/mol. The third-order valence-corrected chi connectivity index (χ3v) is 1.61. The Morgan fingerprint density at radius 2 is 2.18 bits per heavy atom. The molecule has 0 radical (unpaired) electrons. The SMILES string of the molecule is N#Cc1cc(F)cc(N)c1Cl. The smallest absolute Gasteiger partial charge is 0.126 e. The lowest BCUT2D eigenvalue weighted by Gasteiger charge is -1.98. The molecule has 0 unspecified atom stereocenters. The second-order valence-corrected chi connectivity index (χ2v) is 2.35. The van der Waals surface area contributed by atoms with Crippen LogP contribution in [0.15, 0.2) is 12.1 Å². The van der Waals surface area contributed by atoms with Gasteiger partial charge in [0.1, 0.15) is 11.9 Å². The van der Waals surface area contributed by atoms with E-state index in [2.05, 4.69) is 0 Å². The maximum atomic E-state index is 12.5. The van der Waals surface area contributed by atoms with Crippen LogP contribution in [0.2, 0.25) is 5.02 Å². The number of rotatable bonds is 0. The zero-order valence-corrected chi connectivity index (χ0v) is 6.19. The van der Waals surface area contributed by atoms with Crippen LogP contribution in [0.25, 0.3) is 0 Å². The molecule has 1 aromatic rings. The summed E-state index contributed by atoms with van der Waals surface area (Å²) in [4.78, 5) is 0. The van der Waals surface area contributed by atoms with Gasteiger partial charge in [-0.2, -0.15) is 5.26 Å². The highest BCUT2D eigenvalue weighted by Gasteiger charge is 2.05. The topological polar surface area (TPSA) is 49.8 Å². The molecule has 56 valence electrons. The minimum Gasteiger partial charge on any atom is -0.397 e. The fourth-order valence-electron chi connectivity index (χ4n) is 0.692. The number of nitrogens with two attached hydrogens (primary N) is 1. The summed E-state index contributed by atoms with van der Waals surface area (Å²) >= 11 is 5.55. The van der Waals surface area contributed by atoms with E-state index in [1.807, 2.05) is 0 Å². The number of halogens is 2. The molecule has 1 aromatic carbocycles. The largest absolute Gasteiger partial charge is 0.397 e. The van der Waals surface area contributed by atoms with Crippen LogP contribution in [-0.4, -0.2) is 0 Å². The Hall–Kier alpha value is -1.27. The van der Waals surface area contributed by atoms with Gasteiger partial charge < -0.3 is 5.73 Å². The molecule has 0 bridgehead atoms. The van der Waals surface area contributed by atoms with Crippen LogP contribution >= 0.6 is 11.6 Å². The lowest BCUT2D eigenvalue weighted by atomic mass is 10.2. The minimum atomic E-state index is -0.552. The summed E-state index contributed by atoms with van der Waals surface area (Å²) in [6.07, 6.45) is 0. The zero-order chi connectivity index (χ0) is 8.43. The third-order valence-electron chi connectivity index (χ3n) is 1.19. The molecule has 0 aliphatic heterocycles. The van der Waals surface area contributed by atoms with Crippen LogP contribution < -0.4 is 5.73 Å². The van der Waals surface area contributed by atoms with Crippen molar-refractivity contribution in [2.45, 2.75) is 0 Å². The van der Waals surface area contributed by atoms with E-state index in [9.17, 15) is 4.39 Å². The van der Waals surface area contributed by atoms with Crippen LogP contribution in [0.3, 0.4) is 0 Å². The van der Waals surface area contributed by atoms with Crippen molar-refractivity contribution < 1.29 is 4.39 Å². The molecule has 0 amide bonds. The van der Waals surface area contributed by atoms with Crippen LogP contribution in [0, 0.1) is 17.1 Å². The standard InChI is InChI=1S/C7H4ClFN2/c8-7-4(3-10)1-5(9)2-6(7)11/h1-2H,11H2. The van der Waals surface area contributed by atoms with Crippen LogP contribution in [0.1, 0.15) is 5.56 Å². The van der Waals surface area contributed by atoms with Crippen LogP contribution in [0.4, 0.5) is 10.1 Å². The summed E-state index contributed by atoms with van der Waals surface area (Å²) < 4.78 is 12.5. The highest BCUT2D eigenvalue weighted by molar-refractivity contribution is 6.34. The molecule has 0 atom stereocenters. The number of hydrogen-bond acceptors (Lipinski definition) is 2. The van der Waals surface area contributed by atoms with E-state index in [1.54, 1.807) is 6.07 Å². The van der Waals surface area contributed by atoms with Crippen molar-refractivity contribution in [3.05, 3.63) is 28.5 Å². The molecule has 11 heavy (non-hydrogen) atoms. The number of nitriles is 1. The Bertz CT molecular complexity index is 330. The summed E-state index contributed by atoms with van der Waals surface area (Å²) in [5.74, 6) is -0.552. The highest BCUT2D eigenvalue weighted by atomic mass is 35.5. The van der Waals surface area contributed by atoms with E-state index in [0.717, 1.165) is 12.1 Å². The molecule has 0 aliphatic rings. The van der Waals surface area contributed by atoms with Gasteiger partial charge in [0, 0.05) is 0 Å². The molecule has 0 spiro atoms. The van der Waals surface area contributed by atoms with Crippen molar-refractivity contribution in [2.75, 3.05) is 5.73 Å². The maximum absolute atomic E-state index is 12.5. The molecule has 4 heteroatoms. The molecule has 0 aliphatic carbocycles. The van der Waals surface area contributed by atoms with Gasteiger partial charge in [-0.1, -0.05) is 11.6 Å². The Labute approximate surface area is 68.0 Å². The van der Waals surface area contributed by atoms with Crippen molar-refractivity contribution in [3.8, 4) is 6.07 Å². The zero-order valence-electron chi connectivity index (χ0n) is 5.44. The predicted molar refractivity (Wildman–Crippen MR) is 40.5 cm³/mol. The van der Waals surface area contributed by atoms with E-state index in [-0.39, 0.29) is 16.3 Å². The number of hydrogen-bond donors (Lipinski definition) is 1. The summed E-state index contributed by atoms with van der Waals surface area (Å²) in [6.45, 7) is 0. The summed E-state index contributed by atoms with van der Waals surface area (Å²) in [5.41, 5.74) is 5.42. The van der Waals surface area contributed by atoms with E-state index in [4.69, 9.17) is 22.6 Å². The quantitative estimate of drug-likeness (QED) is 0.605. The van der Waals surface area contributed by atoms with Gasteiger partial charge in [0.2, 0.25) is 0 Å². The third kappa shape index (κ3) is 1.41. The second-order valence-electron chi connectivity index (χ2n) is 1.97. The van der Waals surface area contributed by atoms with Crippen LogP contribution in [0.5, 0.6) is 0 Å². The highest BCUT2D eigenvalue weighted by Crippen LogP contribution is 2.23. The lowest BCUT2D eigenvalue weighted by molar-refractivity contribution is 0.628. The van der Waals surface area contributed by atoms with Crippen molar-refractivity contribution in [1.29, 1.82) is 5.26 Å². The Morgan fingerprint density at radius 1 is 1.55 bits per heavy atom. The molecule has 0 fully saturated rings. The average molecular weight is 171 g/mol.